The van der Waals surface area contributed by atoms with Crippen molar-refractivity contribution in [1.29, 1.82) is 0 Å². The van der Waals surface area contributed by atoms with Crippen LogP contribution in [0, 0.1) is 0 Å². The lowest BCUT2D eigenvalue weighted by atomic mass is 10.1. The van der Waals surface area contributed by atoms with E-state index >= 15 is 0 Å². The molecule has 10 heavy (non-hydrogen) atoms. The molecular weight excluding hydrogens is 146 g/mol. The zero-order chi connectivity index (χ0) is 8.20. The van der Waals surface area contributed by atoms with Crippen molar-refractivity contribution in [1.82, 2.24) is 0 Å². The highest BCUT2D eigenvalue weighted by Gasteiger charge is 2.28. The Bertz CT molecular complexity index is 93.6. The van der Waals surface area contributed by atoms with E-state index in [4.69, 9.17) is 5.14 Å². The third-order valence-electron chi connectivity index (χ3n) is 1.68. The smallest absolute Gasteiger partial charge is 0.139 e. The molecule has 0 aromatic carbocycles. The molecule has 0 rings (SSSR count). The highest BCUT2D eigenvalue weighted by atomic mass is 32.2. The van der Waals surface area contributed by atoms with Gasteiger partial charge in [-0.2, -0.15) is 5.14 Å². The van der Waals surface area contributed by atoms with Gasteiger partial charge in [0, 0.05) is 11.4 Å². The van der Waals surface area contributed by atoms with E-state index in [2.05, 4.69) is 6.92 Å². The van der Waals surface area contributed by atoms with Gasteiger partial charge in [-0.1, -0.05) is 13.3 Å². The topological polar surface area (TPSA) is 49.1 Å². The van der Waals surface area contributed by atoms with E-state index < -0.39 is 11.4 Å². The number of nitrogens with two attached hydrogens (primary N) is 1. The first-order valence-electron chi connectivity index (χ1n) is 3.67. The Morgan fingerprint density at radius 3 is 2.30 bits per heavy atom. The molecule has 0 unspecified atom stereocenters. The van der Waals surface area contributed by atoms with Gasteiger partial charge in [-0.3, -0.25) is 0 Å². The summed E-state index contributed by atoms with van der Waals surface area (Å²) in [5.41, 5.74) is 0. The van der Waals surface area contributed by atoms with Crippen molar-refractivity contribution >= 4 is 11.4 Å². The maximum Gasteiger partial charge on any atom is 0.139 e. The van der Waals surface area contributed by atoms with E-state index in [1.165, 1.54) is 0 Å². The quantitative estimate of drug-likeness (QED) is 0.640. The third-order valence-corrected chi connectivity index (χ3v) is 2.97. The van der Waals surface area contributed by atoms with Gasteiger partial charge in [-0.25, -0.2) is 0 Å². The van der Waals surface area contributed by atoms with Crippen LogP contribution in [0.3, 0.4) is 0 Å². The minimum absolute atomic E-state index is 0.198. The maximum atomic E-state index is 10.9. The van der Waals surface area contributed by atoms with Gasteiger partial charge in [0.15, 0.2) is 0 Å². The van der Waals surface area contributed by atoms with Gasteiger partial charge >= 0.3 is 0 Å². The van der Waals surface area contributed by atoms with Gasteiger partial charge in [0.2, 0.25) is 0 Å². The molecule has 0 amide bonds. The second-order valence-electron chi connectivity index (χ2n) is 3.16. The Morgan fingerprint density at radius 1 is 1.50 bits per heavy atom. The molecular formula is C7H17NOS. The average Bonchev–Trinajstić information content (AvgIpc) is 1.84. The molecule has 0 bridgehead atoms. The fourth-order valence-corrected chi connectivity index (χ4v) is 1.05. The summed E-state index contributed by atoms with van der Waals surface area (Å²) in [6.07, 6.45) is 3.20. The first kappa shape index (κ1) is 10.3. The lowest BCUT2D eigenvalue weighted by molar-refractivity contribution is 0.514. The van der Waals surface area contributed by atoms with Crippen LogP contribution in [-0.4, -0.2) is 9.30 Å². The van der Waals surface area contributed by atoms with Gasteiger partial charge in [0.25, 0.3) is 0 Å². The summed E-state index contributed by atoms with van der Waals surface area (Å²) < 4.78 is 10.7. The third kappa shape index (κ3) is 3.44. The lowest BCUT2D eigenvalue weighted by Gasteiger charge is -2.23. The van der Waals surface area contributed by atoms with Gasteiger partial charge in [-0.15, -0.1) is 0 Å². The van der Waals surface area contributed by atoms with Crippen LogP contribution in [0.2, 0.25) is 0 Å². The first-order valence-corrected chi connectivity index (χ1v) is 4.88. The van der Waals surface area contributed by atoms with Crippen LogP contribution < -0.4 is 5.14 Å². The molecule has 0 spiro atoms. The summed E-state index contributed by atoms with van der Waals surface area (Å²) >= 11 is -1.18. The molecule has 0 aliphatic heterocycles. The van der Waals surface area contributed by atoms with Crippen LogP contribution in [0.4, 0.5) is 0 Å². The van der Waals surface area contributed by atoms with Crippen LogP contribution in [0.5, 0.6) is 0 Å². The first-order chi connectivity index (χ1) is 4.50. The van der Waals surface area contributed by atoms with Crippen LogP contribution in [0.25, 0.3) is 0 Å². The average molecular weight is 163 g/mol. The summed E-state index contributed by atoms with van der Waals surface area (Å²) in [4.78, 5) is 0. The van der Waals surface area contributed by atoms with Crippen molar-refractivity contribution in [2.75, 3.05) is 0 Å². The van der Waals surface area contributed by atoms with E-state index in [1.54, 1.807) is 0 Å². The Labute approximate surface area is 66.5 Å². The van der Waals surface area contributed by atoms with E-state index in [0.29, 0.717) is 0 Å². The van der Waals surface area contributed by atoms with Crippen LogP contribution in [-0.2, 0) is 11.4 Å². The molecule has 2 N–H and O–H groups in total. The zero-order valence-electron chi connectivity index (χ0n) is 7.02. The van der Waals surface area contributed by atoms with Crippen molar-refractivity contribution < 1.29 is 4.55 Å². The van der Waals surface area contributed by atoms with Crippen LogP contribution >= 0.6 is 0 Å². The maximum absolute atomic E-state index is 10.9. The van der Waals surface area contributed by atoms with Crippen molar-refractivity contribution in [2.24, 2.45) is 5.14 Å². The van der Waals surface area contributed by atoms with Crippen molar-refractivity contribution in [3.05, 3.63) is 0 Å². The molecule has 0 saturated heterocycles. The number of rotatable bonds is 4. The van der Waals surface area contributed by atoms with E-state index in [1.807, 2.05) is 13.8 Å². The fourth-order valence-electron chi connectivity index (χ4n) is 0.703. The van der Waals surface area contributed by atoms with Gasteiger partial charge in [0.05, 0.1) is 0 Å². The number of unbranched alkanes of at least 4 members (excludes halogenated alkanes) is 1. The Morgan fingerprint density at radius 2 is 2.00 bits per heavy atom. The fraction of sp³-hybridized carbons (Fsp3) is 1.00. The van der Waals surface area contributed by atoms with E-state index in [-0.39, 0.29) is 4.75 Å². The van der Waals surface area contributed by atoms with Crippen molar-refractivity contribution in [2.45, 2.75) is 44.8 Å². The summed E-state index contributed by atoms with van der Waals surface area (Å²) in [5, 5.41) is 5.28. The summed E-state index contributed by atoms with van der Waals surface area (Å²) in [6, 6.07) is 0. The van der Waals surface area contributed by atoms with Gasteiger partial charge < -0.3 is 4.55 Å². The molecule has 0 fully saturated rings. The Kier molecular flexibility index (Phi) is 4.32. The summed E-state index contributed by atoms with van der Waals surface area (Å²) in [6.45, 7) is 6.01. The molecule has 0 aliphatic carbocycles. The Hall–Kier alpha value is 0.270. The van der Waals surface area contributed by atoms with Crippen LogP contribution in [0.15, 0.2) is 0 Å². The predicted molar refractivity (Wildman–Crippen MR) is 45.9 cm³/mol. The normalized spacial score (nSPS) is 15.3. The molecule has 0 aromatic rings. The molecule has 62 valence electrons. The molecule has 2 nitrogen and oxygen atoms in total. The van der Waals surface area contributed by atoms with Crippen molar-refractivity contribution in [3.63, 3.8) is 0 Å². The standard InChI is InChI=1S/C7H17NOS/c1-4-5-6-7(2,3)10(8)9/h4-6,8H2,1-3H3/t10-/m1/s1. The molecule has 0 radical (unpaired) electrons. The molecule has 1 atom stereocenters. The highest BCUT2D eigenvalue weighted by molar-refractivity contribution is 7.90. The number of hydrogen-bond acceptors (Lipinski definition) is 2. The van der Waals surface area contributed by atoms with E-state index in [0.717, 1.165) is 19.3 Å². The second kappa shape index (κ2) is 4.21. The number of hydrogen-bond donors (Lipinski definition) is 1. The summed E-state index contributed by atoms with van der Waals surface area (Å²) in [5.74, 6) is 0. The Balaban J connectivity index is 3.63. The molecule has 0 aromatic heterocycles. The molecule has 0 saturated carbocycles. The molecule has 0 heterocycles. The van der Waals surface area contributed by atoms with Gasteiger partial charge in [-0.05, 0) is 26.7 Å². The largest absolute Gasteiger partial charge is 0.598 e. The second-order valence-corrected chi connectivity index (χ2v) is 4.86. The summed E-state index contributed by atoms with van der Waals surface area (Å²) in [7, 11) is 0. The zero-order valence-corrected chi connectivity index (χ0v) is 7.83. The lowest BCUT2D eigenvalue weighted by Crippen LogP contribution is -2.37. The van der Waals surface area contributed by atoms with E-state index in [9.17, 15) is 4.55 Å². The van der Waals surface area contributed by atoms with Crippen LogP contribution in [0.1, 0.15) is 40.0 Å². The SMILES string of the molecule is CCCCC(C)(C)[S@+](N)[O-]. The monoisotopic (exact) mass is 163 g/mol. The van der Waals surface area contributed by atoms with Crippen molar-refractivity contribution in [3.8, 4) is 0 Å². The molecule has 0 aliphatic rings. The molecule has 3 heteroatoms. The minimum atomic E-state index is -1.18. The highest BCUT2D eigenvalue weighted by Crippen LogP contribution is 2.20. The predicted octanol–water partition coefficient (Wildman–Crippen LogP) is 1.58. The minimum Gasteiger partial charge on any atom is -0.598 e. The van der Waals surface area contributed by atoms with Gasteiger partial charge in [0.1, 0.15) is 4.75 Å².